The number of benzene rings is 4. The molecule has 1 saturated heterocycles. The molecule has 0 saturated carbocycles. The molecule has 2 aliphatic rings. The van der Waals surface area contributed by atoms with Crippen molar-refractivity contribution >= 4 is 44.1 Å². The van der Waals surface area contributed by atoms with Gasteiger partial charge in [-0.2, -0.15) is 0 Å². The number of ketones is 1. The summed E-state index contributed by atoms with van der Waals surface area (Å²) in [6.07, 6.45) is 0.639. The van der Waals surface area contributed by atoms with E-state index in [-0.39, 0.29) is 22.6 Å². The highest BCUT2D eigenvalue weighted by molar-refractivity contribution is 7.22. The summed E-state index contributed by atoms with van der Waals surface area (Å²) in [5.74, 6) is -0.861. The van der Waals surface area contributed by atoms with Crippen molar-refractivity contribution in [3.63, 3.8) is 0 Å². The van der Waals surface area contributed by atoms with Gasteiger partial charge in [-0.25, -0.2) is 9.37 Å². The van der Waals surface area contributed by atoms with E-state index >= 15 is 0 Å². The van der Waals surface area contributed by atoms with Gasteiger partial charge < -0.3 is 19.3 Å². The van der Waals surface area contributed by atoms with Crippen molar-refractivity contribution in [2.24, 2.45) is 0 Å². The molecule has 10 heteroatoms. The third-order valence-corrected chi connectivity index (χ3v) is 9.00. The highest BCUT2D eigenvalue weighted by Crippen LogP contribution is 2.46. The van der Waals surface area contributed by atoms with Crippen molar-refractivity contribution in [2.75, 3.05) is 11.5 Å². The molecule has 0 unspecified atom stereocenters. The van der Waals surface area contributed by atoms with Crippen LogP contribution >= 0.6 is 11.3 Å². The molecule has 46 heavy (non-hydrogen) atoms. The minimum absolute atomic E-state index is 0.0125. The molecule has 0 aliphatic carbocycles. The lowest BCUT2D eigenvalue weighted by molar-refractivity contribution is -0.132. The summed E-state index contributed by atoms with van der Waals surface area (Å²) in [4.78, 5) is 33.5. The van der Waals surface area contributed by atoms with Crippen LogP contribution in [-0.2, 0) is 22.6 Å². The molecule has 3 heterocycles. The van der Waals surface area contributed by atoms with Crippen LogP contribution < -0.4 is 19.1 Å². The van der Waals surface area contributed by atoms with Gasteiger partial charge >= 0.3 is 5.91 Å². The van der Waals surface area contributed by atoms with Crippen LogP contribution in [0.5, 0.6) is 17.2 Å². The first-order valence-electron chi connectivity index (χ1n) is 14.9. The number of anilines is 1. The lowest BCUT2D eigenvalue weighted by Crippen LogP contribution is -2.29. The van der Waals surface area contributed by atoms with E-state index in [1.54, 1.807) is 36.4 Å². The van der Waals surface area contributed by atoms with Crippen LogP contribution in [0.3, 0.4) is 0 Å². The molecule has 0 spiro atoms. The number of amides is 1. The Balaban J connectivity index is 1.36. The van der Waals surface area contributed by atoms with Crippen LogP contribution in [0.25, 0.3) is 16.0 Å². The topological polar surface area (TPSA) is 98.2 Å². The molecular formula is C36H29FN2O6S. The molecule has 0 bridgehead atoms. The van der Waals surface area contributed by atoms with Gasteiger partial charge in [0, 0.05) is 12.0 Å². The molecule has 5 aromatic rings. The minimum Gasteiger partial charge on any atom is -0.507 e. The SMILES string of the molecule is CCOc1cc([C@H]2/C(=C(\O)c3ccc4c(c3)C[C@H](C)O4)C(=O)C(=O)N2c2nc3ccc(F)cc3s2)ccc1OCc1ccccc1. The summed E-state index contributed by atoms with van der Waals surface area (Å²) in [5, 5.41) is 11.9. The molecule has 4 aromatic carbocycles. The van der Waals surface area contributed by atoms with Crippen molar-refractivity contribution in [1.29, 1.82) is 0 Å². The second kappa shape index (κ2) is 11.9. The molecule has 1 amide bonds. The van der Waals surface area contributed by atoms with Crippen molar-refractivity contribution in [1.82, 2.24) is 4.98 Å². The van der Waals surface area contributed by atoms with Gasteiger partial charge in [0.25, 0.3) is 5.78 Å². The molecular weight excluding hydrogens is 607 g/mol. The Kier molecular flexibility index (Phi) is 7.66. The Hall–Kier alpha value is -5.22. The highest BCUT2D eigenvalue weighted by atomic mass is 32.1. The van der Waals surface area contributed by atoms with Gasteiger partial charge in [0.1, 0.15) is 30.0 Å². The highest BCUT2D eigenvalue weighted by Gasteiger charge is 2.48. The Bertz CT molecular complexity index is 2020. The number of rotatable bonds is 8. The van der Waals surface area contributed by atoms with Gasteiger partial charge in [-0.15, -0.1) is 0 Å². The van der Waals surface area contributed by atoms with E-state index in [2.05, 4.69) is 4.98 Å². The third kappa shape index (κ3) is 5.34. The average molecular weight is 637 g/mol. The lowest BCUT2D eigenvalue weighted by atomic mass is 9.94. The van der Waals surface area contributed by atoms with Crippen LogP contribution in [-0.4, -0.2) is 34.5 Å². The standard InChI is InChI=1S/C36H29FN2O6S/c1-3-43-29-17-22(9-14-28(29)44-19-21-7-5-4-6-8-21)32-31(33(40)23-10-13-27-24(16-23)15-20(2)45-27)34(41)35(42)39(32)36-38-26-12-11-25(37)18-30(26)46-36/h4-14,16-18,20,32,40H,3,15,19H2,1-2H3/b33-31+/t20-,32-/m0/s1. The Morgan fingerprint density at radius 3 is 2.65 bits per heavy atom. The summed E-state index contributed by atoms with van der Waals surface area (Å²) in [7, 11) is 0. The zero-order valence-corrected chi connectivity index (χ0v) is 25.8. The van der Waals surface area contributed by atoms with E-state index in [1.807, 2.05) is 44.2 Å². The number of Topliss-reactive ketones (excluding diaryl/α,β-unsaturated/α-hetero) is 1. The van der Waals surface area contributed by atoms with Crippen LogP contribution in [0.15, 0.2) is 90.5 Å². The number of ether oxygens (including phenoxy) is 3. The number of aliphatic hydroxyl groups excluding tert-OH is 1. The van der Waals surface area contributed by atoms with Crippen LogP contribution in [0, 0.1) is 5.82 Å². The van der Waals surface area contributed by atoms with E-state index in [0.29, 0.717) is 52.5 Å². The van der Waals surface area contributed by atoms with Crippen molar-refractivity contribution in [3.05, 3.63) is 119 Å². The lowest BCUT2D eigenvalue weighted by Gasteiger charge is -2.24. The van der Waals surface area contributed by atoms with Crippen LogP contribution in [0.1, 0.15) is 42.1 Å². The normalized spacial score (nSPS) is 18.5. The first-order valence-corrected chi connectivity index (χ1v) is 15.7. The van der Waals surface area contributed by atoms with E-state index in [1.165, 1.54) is 23.1 Å². The zero-order chi connectivity index (χ0) is 31.9. The van der Waals surface area contributed by atoms with Crippen molar-refractivity contribution in [3.8, 4) is 17.2 Å². The molecule has 1 fully saturated rings. The number of aromatic nitrogens is 1. The number of carbonyl (C=O) groups excluding carboxylic acids is 2. The number of aliphatic hydroxyl groups is 1. The summed E-state index contributed by atoms with van der Waals surface area (Å²) < 4.78 is 32.5. The second-order valence-corrected chi connectivity index (χ2v) is 12.2. The predicted octanol–water partition coefficient (Wildman–Crippen LogP) is 7.36. The smallest absolute Gasteiger partial charge is 0.301 e. The van der Waals surface area contributed by atoms with E-state index < -0.39 is 23.5 Å². The first-order chi connectivity index (χ1) is 22.3. The summed E-state index contributed by atoms with van der Waals surface area (Å²) in [6.45, 7) is 4.45. The van der Waals surface area contributed by atoms with Gasteiger partial charge in [0.2, 0.25) is 0 Å². The molecule has 2 atom stereocenters. The van der Waals surface area contributed by atoms with Gasteiger partial charge in [0.05, 0.1) is 28.4 Å². The summed E-state index contributed by atoms with van der Waals surface area (Å²) in [6, 6.07) is 23.2. The molecule has 1 N–H and O–H groups in total. The maximum atomic E-state index is 14.1. The number of fused-ring (bicyclic) bond motifs is 2. The number of halogens is 1. The van der Waals surface area contributed by atoms with Crippen molar-refractivity contribution in [2.45, 2.75) is 39.0 Å². The summed E-state index contributed by atoms with van der Waals surface area (Å²) in [5.41, 5.74) is 3.15. The number of nitrogens with zero attached hydrogens (tertiary/aromatic N) is 2. The second-order valence-electron chi connectivity index (χ2n) is 11.1. The maximum Gasteiger partial charge on any atom is 0.301 e. The van der Waals surface area contributed by atoms with Crippen molar-refractivity contribution < 1.29 is 33.3 Å². The zero-order valence-electron chi connectivity index (χ0n) is 25.0. The molecule has 1 aromatic heterocycles. The monoisotopic (exact) mass is 636 g/mol. The fourth-order valence-electron chi connectivity index (χ4n) is 5.88. The Morgan fingerprint density at radius 2 is 1.85 bits per heavy atom. The van der Waals surface area contributed by atoms with Gasteiger partial charge in [-0.05, 0) is 79.1 Å². The largest absolute Gasteiger partial charge is 0.507 e. The number of hydrogen-bond donors (Lipinski definition) is 1. The number of carbonyl (C=O) groups is 2. The van der Waals surface area contributed by atoms with Gasteiger partial charge in [-0.3, -0.25) is 14.5 Å². The quantitative estimate of drug-likeness (QED) is 0.108. The molecule has 232 valence electrons. The number of thiazole rings is 1. The summed E-state index contributed by atoms with van der Waals surface area (Å²) >= 11 is 1.09. The Labute approximate surface area is 268 Å². The number of hydrogen-bond acceptors (Lipinski definition) is 8. The third-order valence-electron chi connectivity index (χ3n) is 7.98. The predicted molar refractivity (Wildman–Crippen MR) is 173 cm³/mol. The first kappa shape index (κ1) is 29.5. The van der Waals surface area contributed by atoms with E-state index in [4.69, 9.17) is 14.2 Å². The van der Waals surface area contributed by atoms with E-state index in [0.717, 1.165) is 28.2 Å². The maximum absolute atomic E-state index is 14.1. The van der Waals surface area contributed by atoms with Gasteiger partial charge in [0.15, 0.2) is 16.6 Å². The van der Waals surface area contributed by atoms with Crippen LogP contribution in [0.4, 0.5) is 9.52 Å². The van der Waals surface area contributed by atoms with E-state index in [9.17, 15) is 19.1 Å². The average Bonchev–Trinajstić information content (AvgIpc) is 3.72. The molecule has 2 aliphatic heterocycles. The minimum atomic E-state index is -1.06. The molecule has 0 radical (unpaired) electrons. The fourth-order valence-corrected chi connectivity index (χ4v) is 6.89. The van der Waals surface area contributed by atoms with Gasteiger partial charge in [-0.1, -0.05) is 47.7 Å². The van der Waals surface area contributed by atoms with Crippen LogP contribution in [0.2, 0.25) is 0 Å². The Morgan fingerprint density at radius 1 is 1.02 bits per heavy atom. The molecule has 8 nitrogen and oxygen atoms in total. The molecule has 7 rings (SSSR count). The fraction of sp³-hybridized carbons (Fsp3) is 0.194.